The highest BCUT2D eigenvalue weighted by Crippen LogP contribution is 1.97. The lowest BCUT2D eigenvalue weighted by Gasteiger charge is -1.99. The van der Waals surface area contributed by atoms with Crippen LogP contribution in [0.3, 0.4) is 0 Å². The summed E-state index contributed by atoms with van der Waals surface area (Å²) in [6, 6.07) is 10.0. The molecule has 1 heterocycles. The van der Waals surface area contributed by atoms with Gasteiger partial charge < -0.3 is 4.90 Å². The van der Waals surface area contributed by atoms with E-state index in [0.29, 0.717) is 0 Å². The van der Waals surface area contributed by atoms with Gasteiger partial charge in [0.2, 0.25) is 0 Å². The Kier molecular flexibility index (Phi) is 4.48. The van der Waals surface area contributed by atoms with E-state index in [1.165, 1.54) is 5.56 Å². The van der Waals surface area contributed by atoms with Gasteiger partial charge in [-0.1, -0.05) is 43.0 Å². The number of nitrogens with zero attached hydrogens (tertiary/aromatic N) is 2. The maximum absolute atomic E-state index is 3.97. The highest BCUT2D eigenvalue weighted by atomic mass is 15.2. The zero-order chi connectivity index (χ0) is 10.2. The number of hydrogen-bond acceptors (Lipinski definition) is 2. The van der Waals surface area contributed by atoms with Crippen molar-refractivity contribution < 1.29 is 0 Å². The summed E-state index contributed by atoms with van der Waals surface area (Å²) < 4.78 is 0. The van der Waals surface area contributed by atoms with Crippen molar-refractivity contribution >= 4 is 12.4 Å². The van der Waals surface area contributed by atoms with Gasteiger partial charge in [-0.3, -0.25) is 4.99 Å². The Morgan fingerprint density at radius 2 is 2.07 bits per heavy atom. The lowest BCUT2D eigenvalue weighted by atomic mass is 10.2. The molecule has 0 unspecified atom stereocenters. The number of rotatable bonds is 1. The molecule has 74 valence electrons. The van der Waals surface area contributed by atoms with Crippen molar-refractivity contribution in [1.29, 1.82) is 0 Å². The first-order valence-electron chi connectivity index (χ1n) is 4.70. The Balaban J connectivity index is 0.000000146. The van der Waals surface area contributed by atoms with Crippen molar-refractivity contribution in [2.75, 3.05) is 20.1 Å². The Morgan fingerprint density at radius 1 is 1.36 bits per heavy atom. The van der Waals surface area contributed by atoms with E-state index in [1.54, 1.807) is 0 Å². The third-order valence-corrected chi connectivity index (χ3v) is 1.90. The van der Waals surface area contributed by atoms with Gasteiger partial charge in [0.15, 0.2) is 0 Å². The molecule has 1 aromatic carbocycles. The molecule has 0 spiro atoms. The third kappa shape index (κ3) is 3.90. The summed E-state index contributed by atoms with van der Waals surface area (Å²) in [6.45, 7) is 5.71. The average Bonchev–Trinajstić information content (AvgIpc) is 2.71. The van der Waals surface area contributed by atoms with Crippen LogP contribution in [0.1, 0.15) is 5.56 Å². The molecule has 0 aromatic heterocycles. The maximum Gasteiger partial charge on any atom is 0.0848 e. The molecule has 0 saturated heterocycles. The van der Waals surface area contributed by atoms with Gasteiger partial charge in [-0.25, -0.2) is 0 Å². The molecule has 0 amide bonds. The molecule has 0 radical (unpaired) electrons. The van der Waals surface area contributed by atoms with Crippen molar-refractivity contribution in [3.63, 3.8) is 0 Å². The number of benzene rings is 1. The Labute approximate surface area is 85.6 Å². The van der Waals surface area contributed by atoms with Gasteiger partial charge in [0, 0.05) is 13.6 Å². The van der Waals surface area contributed by atoms with E-state index in [0.717, 1.165) is 13.1 Å². The normalized spacial score (nSPS) is 13.4. The van der Waals surface area contributed by atoms with Crippen LogP contribution in [0.2, 0.25) is 0 Å². The summed E-state index contributed by atoms with van der Waals surface area (Å²) in [5.41, 5.74) is 1.17. The minimum absolute atomic E-state index is 0.983. The molecule has 1 aliphatic heterocycles. The first-order chi connectivity index (χ1) is 6.83. The molecule has 0 fully saturated rings. The fourth-order valence-corrected chi connectivity index (χ4v) is 1.06. The van der Waals surface area contributed by atoms with Crippen molar-refractivity contribution in [3.8, 4) is 0 Å². The van der Waals surface area contributed by atoms with Crippen LogP contribution < -0.4 is 0 Å². The molecule has 2 nitrogen and oxygen atoms in total. The minimum atomic E-state index is 0.983. The largest absolute Gasteiger partial charge is 0.364 e. The summed E-state index contributed by atoms with van der Waals surface area (Å²) in [5.74, 6) is 0. The van der Waals surface area contributed by atoms with Crippen LogP contribution in [-0.4, -0.2) is 31.4 Å². The summed E-state index contributed by atoms with van der Waals surface area (Å²) >= 11 is 0. The van der Waals surface area contributed by atoms with Crippen LogP contribution in [0.5, 0.6) is 0 Å². The summed E-state index contributed by atoms with van der Waals surface area (Å²) in [7, 11) is 2.02. The second-order valence-corrected chi connectivity index (χ2v) is 3.12. The quantitative estimate of drug-likeness (QED) is 0.660. The maximum atomic E-state index is 3.97. The van der Waals surface area contributed by atoms with Crippen LogP contribution in [-0.2, 0) is 0 Å². The van der Waals surface area contributed by atoms with Gasteiger partial charge >= 0.3 is 0 Å². The van der Waals surface area contributed by atoms with Gasteiger partial charge in [0.25, 0.3) is 0 Å². The monoisotopic (exact) mass is 188 g/mol. The predicted molar refractivity (Wildman–Crippen MR) is 62.5 cm³/mol. The number of hydrogen-bond donors (Lipinski definition) is 0. The van der Waals surface area contributed by atoms with E-state index in [2.05, 4.69) is 16.5 Å². The van der Waals surface area contributed by atoms with E-state index < -0.39 is 0 Å². The van der Waals surface area contributed by atoms with E-state index >= 15 is 0 Å². The molecule has 1 aliphatic rings. The highest BCUT2D eigenvalue weighted by Gasteiger charge is 1.94. The zero-order valence-electron chi connectivity index (χ0n) is 8.56. The molecule has 0 atom stereocenters. The highest BCUT2D eigenvalue weighted by molar-refractivity contribution is 5.56. The molecule has 1 aromatic rings. The molecule has 2 heteroatoms. The minimum Gasteiger partial charge on any atom is -0.364 e. The van der Waals surface area contributed by atoms with E-state index in [4.69, 9.17) is 0 Å². The molecule has 0 saturated carbocycles. The Bertz CT molecular complexity index is 290. The summed E-state index contributed by atoms with van der Waals surface area (Å²) in [6.07, 6.45) is 3.69. The zero-order valence-corrected chi connectivity index (χ0v) is 8.56. The molecule has 0 N–H and O–H groups in total. The molecule has 0 bridgehead atoms. The fourth-order valence-electron chi connectivity index (χ4n) is 1.06. The molecular formula is C12H16N2. The van der Waals surface area contributed by atoms with Gasteiger partial charge in [-0.2, -0.15) is 0 Å². The van der Waals surface area contributed by atoms with Crippen LogP contribution in [0, 0.1) is 0 Å². The third-order valence-electron chi connectivity index (χ3n) is 1.90. The van der Waals surface area contributed by atoms with Gasteiger partial charge in [0.05, 0.1) is 12.9 Å². The van der Waals surface area contributed by atoms with Crippen molar-refractivity contribution in [3.05, 3.63) is 42.5 Å². The van der Waals surface area contributed by atoms with Crippen molar-refractivity contribution in [2.45, 2.75) is 0 Å². The number of likely N-dealkylation sites (N-methyl/N-ethyl adjacent to an activating group) is 1. The lowest BCUT2D eigenvalue weighted by Crippen LogP contribution is -2.11. The van der Waals surface area contributed by atoms with Crippen molar-refractivity contribution in [1.82, 2.24) is 4.90 Å². The topological polar surface area (TPSA) is 15.6 Å². The standard InChI is InChI=1S/C8H8.C4H8N2/c1-2-8-6-4-3-5-7-8;1-6-3-2-5-4-6/h2-7H,1H2;4H,2-3H2,1H3. The molecular weight excluding hydrogens is 172 g/mol. The predicted octanol–water partition coefficient (Wildman–Crippen LogP) is 2.29. The van der Waals surface area contributed by atoms with Crippen LogP contribution in [0.15, 0.2) is 41.9 Å². The van der Waals surface area contributed by atoms with E-state index in [9.17, 15) is 0 Å². The molecule has 0 aliphatic carbocycles. The fraction of sp³-hybridized carbons (Fsp3) is 0.250. The first-order valence-corrected chi connectivity index (χ1v) is 4.70. The second kappa shape index (κ2) is 5.97. The Morgan fingerprint density at radius 3 is 2.36 bits per heavy atom. The van der Waals surface area contributed by atoms with Crippen molar-refractivity contribution in [2.24, 2.45) is 4.99 Å². The van der Waals surface area contributed by atoms with Crippen LogP contribution in [0.4, 0.5) is 0 Å². The molecule has 2 rings (SSSR count). The van der Waals surface area contributed by atoms with Gasteiger partial charge in [0.1, 0.15) is 0 Å². The van der Waals surface area contributed by atoms with Crippen LogP contribution in [0.25, 0.3) is 6.08 Å². The smallest absolute Gasteiger partial charge is 0.0848 e. The molecule has 14 heavy (non-hydrogen) atoms. The Hall–Kier alpha value is -1.57. The SMILES string of the molecule is C=Cc1ccccc1.CN1C=NCC1. The number of aliphatic imine (C=N–C) groups is 1. The van der Waals surface area contributed by atoms with E-state index in [-0.39, 0.29) is 0 Å². The second-order valence-electron chi connectivity index (χ2n) is 3.12. The lowest BCUT2D eigenvalue weighted by molar-refractivity contribution is 0.568. The van der Waals surface area contributed by atoms with Gasteiger partial charge in [-0.05, 0) is 5.56 Å². The summed E-state index contributed by atoms with van der Waals surface area (Å²) in [4.78, 5) is 6.03. The van der Waals surface area contributed by atoms with Crippen LogP contribution >= 0.6 is 0 Å². The first kappa shape index (κ1) is 10.5. The summed E-state index contributed by atoms with van der Waals surface area (Å²) in [5, 5.41) is 0. The van der Waals surface area contributed by atoms with Gasteiger partial charge in [-0.15, -0.1) is 0 Å². The van der Waals surface area contributed by atoms with E-state index in [1.807, 2.05) is 49.8 Å². The average molecular weight is 188 g/mol.